The molecule has 96 valence electrons. The molecule has 3 aromatic rings. The number of benzene rings is 1. The molecule has 0 unspecified atom stereocenters. The Labute approximate surface area is 122 Å². The summed E-state index contributed by atoms with van der Waals surface area (Å²) in [7, 11) is 0. The Kier molecular flexibility index (Phi) is 3.16. The van der Waals surface area contributed by atoms with Crippen LogP contribution in [0.1, 0.15) is 0 Å². The molecular weight excluding hydrogens is 333 g/mol. The van der Waals surface area contributed by atoms with Crippen LogP contribution in [0.5, 0.6) is 0 Å². The number of nitrogens with zero attached hydrogens (tertiary/aromatic N) is 2. The first-order valence-electron chi connectivity index (χ1n) is 5.49. The van der Waals surface area contributed by atoms with Gasteiger partial charge in [-0.25, -0.2) is 4.52 Å². The Hall–Kier alpha value is -1.59. The molecule has 0 radical (unpaired) electrons. The Balaban J connectivity index is 2.03. The van der Waals surface area contributed by atoms with Crippen molar-refractivity contribution in [2.75, 3.05) is 5.32 Å². The van der Waals surface area contributed by atoms with Crippen molar-refractivity contribution < 1.29 is 4.39 Å². The molecule has 0 aliphatic rings. The Morgan fingerprint density at radius 2 is 1.95 bits per heavy atom. The zero-order chi connectivity index (χ0) is 13.4. The Morgan fingerprint density at radius 3 is 2.74 bits per heavy atom. The molecule has 0 spiro atoms. The zero-order valence-electron chi connectivity index (χ0n) is 9.57. The minimum atomic E-state index is -0.457. The standard InChI is InChI=1S/C13H8BrClFN3/c14-8-1-3-11(10(15)7-8)18-12-4-2-9-5-6-17-19(9)13(12)16/h1-7,18H. The first kappa shape index (κ1) is 12.4. The van der Waals surface area contributed by atoms with Crippen LogP contribution in [0.25, 0.3) is 5.52 Å². The molecule has 2 aromatic heterocycles. The van der Waals surface area contributed by atoms with E-state index in [1.54, 1.807) is 36.5 Å². The van der Waals surface area contributed by atoms with Gasteiger partial charge >= 0.3 is 0 Å². The van der Waals surface area contributed by atoms with Crippen molar-refractivity contribution in [1.29, 1.82) is 0 Å². The average Bonchev–Trinajstić information content (AvgIpc) is 2.85. The predicted molar refractivity (Wildman–Crippen MR) is 77.6 cm³/mol. The van der Waals surface area contributed by atoms with Crippen LogP contribution in [0.2, 0.25) is 5.02 Å². The van der Waals surface area contributed by atoms with Crippen LogP contribution in [-0.4, -0.2) is 9.61 Å². The highest BCUT2D eigenvalue weighted by atomic mass is 79.9. The fourth-order valence-corrected chi connectivity index (χ4v) is 2.51. The van der Waals surface area contributed by atoms with Gasteiger partial charge in [-0.05, 0) is 36.4 Å². The Bertz CT molecular complexity index is 757. The van der Waals surface area contributed by atoms with Crippen molar-refractivity contribution >= 4 is 44.4 Å². The minimum Gasteiger partial charge on any atom is -0.351 e. The molecule has 0 aliphatic carbocycles. The van der Waals surface area contributed by atoms with Crippen LogP contribution < -0.4 is 5.32 Å². The lowest BCUT2D eigenvalue weighted by Gasteiger charge is -2.10. The second-order valence-corrected chi connectivity index (χ2v) is 5.28. The topological polar surface area (TPSA) is 29.3 Å². The molecule has 1 aromatic carbocycles. The molecule has 0 fully saturated rings. The van der Waals surface area contributed by atoms with Crippen molar-refractivity contribution in [2.24, 2.45) is 0 Å². The molecule has 6 heteroatoms. The molecule has 2 heterocycles. The minimum absolute atomic E-state index is 0.320. The summed E-state index contributed by atoms with van der Waals surface area (Å²) in [4.78, 5) is 0. The zero-order valence-corrected chi connectivity index (χ0v) is 11.9. The van der Waals surface area contributed by atoms with Crippen molar-refractivity contribution in [1.82, 2.24) is 9.61 Å². The number of anilines is 2. The summed E-state index contributed by atoms with van der Waals surface area (Å²) in [5.74, 6) is -0.457. The van der Waals surface area contributed by atoms with Gasteiger partial charge < -0.3 is 5.32 Å². The molecular formula is C13H8BrClFN3. The van der Waals surface area contributed by atoms with E-state index < -0.39 is 5.95 Å². The van der Waals surface area contributed by atoms with Crippen molar-refractivity contribution in [3.8, 4) is 0 Å². The number of aromatic nitrogens is 2. The highest BCUT2D eigenvalue weighted by Crippen LogP contribution is 2.29. The van der Waals surface area contributed by atoms with E-state index in [1.807, 2.05) is 6.07 Å². The second kappa shape index (κ2) is 4.83. The molecule has 0 atom stereocenters. The summed E-state index contributed by atoms with van der Waals surface area (Å²) in [6, 6.07) is 10.5. The molecule has 19 heavy (non-hydrogen) atoms. The van der Waals surface area contributed by atoms with Gasteiger partial charge in [-0.15, -0.1) is 0 Å². The maximum Gasteiger partial charge on any atom is 0.238 e. The summed E-state index contributed by atoms with van der Waals surface area (Å²) in [6.45, 7) is 0. The third kappa shape index (κ3) is 2.31. The molecule has 1 N–H and O–H groups in total. The lowest BCUT2D eigenvalue weighted by molar-refractivity contribution is 0.549. The van der Waals surface area contributed by atoms with E-state index in [2.05, 4.69) is 26.3 Å². The first-order chi connectivity index (χ1) is 9.15. The number of rotatable bonds is 2. The van der Waals surface area contributed by atoms with E-state index >= 15 is 0 Å². The van der Waals surface area contributed by atoms with Crippen LogP contribution in [-0.2, 0) is 0 Å². The lowest BCUT2D eigenvalue weighted by Crippen LogP contribution is -2.01. The van der Waals surface area contributed by atoms with Crippen molar-refractivity contribution in [3.63, 3.8) is 0 Å². The quantitative estimate of drug-likeness (QED) is 0.689. The molecule has 0 bridgehead atoms. The largest absolute Gasteiger partial charge is 0.351 e. The number of hydrogen-bond acceptors (Lipinski definition) is 2. The van der Waals surface area contributed by atoms with Gasteiger partial charge in [0.05, 0.1) is 28.1 Å². The molecule has 3 nitrogen and oxygen atoms in total. The highest BCUT2D eigenvalue weighted by Gasteiger charge is 2.09. The van der Waals surface area contributed by atoms with E-state index in [1.165, 1.54) is 4.52 Å². The third-order valence-electron chi connectivity index (χ3n) is 2.70. The van der Waals surface area contributed by atoms with Crippen LogP contribution >= 0.6 is 27.5 Å². The van der Waals surface area contributed by atoms with Crippen LogP contribution in [0, 0.1) is 5.95 Å². The van der Waals surface area contributed by atoms with Gasteiger partial charge in [0, 0.05) is 4.47 Å². The van der Waals surface area contributed by atoms with Gasteiger partial charge in [0.15, 0.2) is 0 Å². The molecule has 0 saturated carbocycles. The van der Waals surface area contributed by atoms with Gasteiger partial charge in [0.2, 0.25) is 5.95 Å². The third-order valence-corrected chi connectivity index (χ3v) is 3.51. The van der Waals surface area contributed by atoms with E-state index in [9.17, 15) is 4.39 Å². The van der Waals surface area contributed by atoms with E-state index in [4.69, 9.17) is 11.6 Å². The summed E-state index contributed by atoms with van der Waals surface area (Å²) < 4.78 is 16.3. The lowest BCUT2D eigenvalue weighted by atomic mass is 10.3. The Morgan fingerprint density at radius 1 is 1.16 bits per heavy atom. The number of pyridine rings is 1. The van der Waals surface area contributed by atoms with Crippen LogP contribution in [0.4, 0.5) is 15.8 Å². The molecule has 0 aliphatic heterocycles. The fraction of sp³-hybridized carbons (Fsp3) is 0. The van der Waals surface area contributed by atoms with Gasteiger partial charge in [-0.1, -0.05) is 27.5 Å². The highest BCUT2D eigenvalue weighted by molar-refractivity contribution is 9.10. The summed E-state index contributed by atoms with van der Waals surface area (Å²) >= 11 is 9.41. The van der Waals surface area contributed by atoms with Crippen LogP contribution in [0.3, 0.4) is 0 Å². The number of hydrogen-bond donors (Lipinski definition) is 1. The fourth-order valence-electron chi connectivity index (χ4n) is 1.78. The molecule has 0 saturated heterocycles. The van der Waals surface area contributed by atoms with Gasteiger partial charge in [-0.2, -0.15) is 9.49 Å². The van der Waals surface area contributed by atoms with E-state index in [0.717, 1.165) is 4.47 Å². The SMILES string of the molecule is Fc1c(Nc2ccc(Br)cc2Cl)ccc2ccnn12. The smallest absolute Gasteiger partial charge is 0.238 e. The van der Waals surface area contributed by atoms with E-state index in [-0.39, 0.29) is 0 Å². The predicted octanol–water partition coefficient (Wildman–Crippen LogP) is 4.63. The van der Waals surface area contributed by atoms with E-state index in [0.29, 0.717) is 21.9 Å². The summed E-state index contributed by atoms with van der Waals surface area (Å²) in [5, 5.41) is 7.39. The molecule has 0 amide bonds. The maximum absolute atomic E-state index is 14.2. The normalized spacial score (nSPS) is 10.9. The number of fused-ring (bicyclic) bond motifs is 1. The van der Waals surface area contributed by atoms with Gasteiger partial charge in [0.1, 0.15) is 0 Å². The summed E-state index contributed by atoms with van der Waals surface area (Å²) in [5.41, 5.74) is 1.65. The monoisotopic (exact) mass is 339 g/mol. The number of halogens is 3. The van der Waals surface area contributed by atoms with Gasteiger partial charge in [0.25, 0.3) is 0 Å². The second-order valence-electron chi connectivity index (χ2n) is 3.95. The first-order valence-corrected chi connectivity index (χ1v) is 6.66. The molecule has 3 rings (SSSR count). The van der Waals surface area contributed by atoms with Crippen molar-refractivity contribution in [3.05, 3.63) is 58.0 Å². The van der Waals surface area contributed by atoms with Crippen LogP contribution in [0.15, 0.2) is 47.1 Å². The maximum atomic E-state index is 14.2. The number of nitrogens with one attached hydrogen (secondary N) is 1. The van der Waals surface area contributed by atoms with Crippen molar-refractivity contribution in [2.45, 2.75) is 0 Å². The van der Waals surface area contributed by atoms with Gasteiger partial charge in [-0.3, -0.25) is 0 Å². The summed E-state index contributed by atoms with van der Waals surface area (Å²) in [6.07, 6.45) is 1.55. The average molecular weight is 341 g/mol.